The van der Waals surface area contributed by atoms with E-state index in [9.17, 15) is 4.79 Å². The van der Waals surface area contributed by atoms with E-state index in [4.69, 9.17) is 0 Å². The summed E-state index contributed by atoms with van der Waals surface area (Å²) in [4.78, 5) is 11.0. The number of carbonyl (C=O) groups excluding carboxylic acids is 1. The van der Waals surface area contributed by atoms with E-state index in [1.165, 1.54) is 5.57 Å². The maximum absolute atomic E-state index is 11.0. The summed E-state index contributed by atoms with van der Waals surface area (Å²) >= 11 is 0. The van der Waals surface area contributed by atoms with Gasteiger partial charge in [-0.05, 0) is 24.8 Å². The van der Waals surface area contributed by atoms with Crippen LogP contribution in [0, 0.1) is 5.41 Å². The molecule has 0 fully saturated rings. The van der Waals surface area contributed by atoms with Crippen molar-refractivity contribution in [3.63, 3.8) is 0 Å². The van der Waals surface area contributed by atoms with Gasteiger partial charge >= 0.3 is 0 Å². The number of ketones is 1. The molecule has 1 rings (SSSR count). The predicted octanol–water partition coefficient (Wildman–Crippen LogP) is 2.96. The van der Waals surface area contributed by atoms with Gasteiger partial charge in [-0.3, -0.25) is 4.79 Å². The summed E-state index contributed by atoms with van der Waals surface area (Å²) in [7, 11) is 0. The zero-order valence-electron chi connectivity index (χ0n) is 6.90. The van der Waals surface area contributed by atoms with Crippen LogP contribution in [0.15, 0.2) is 11.6 Å². The maximum Gasteiger partial charge on any atom is 0.156 e. The highest BCUT2D eigenvalue weighted by Gasteiger charge is 2.25. The van der Waals surface area contributed by atoms with Crippen LogP contribution in [0.25, 0.3) is 0 Å². The van der Waals surface area contributed by atoms with Gasteiger partial charge in [0.1, 0.15) is 0 Å². The van der Waals surface area contributed by atoms with Crippen LogP contribution < -0.4 is 0 Å². The highest BCUT2D eigenvalue weighted by molar-refractivity contribution is 5.91. The molecule has 0 spiro atoms. The van der Waals surface area contributed by atoms with Crippen molar-refractivity contribution in [1.82, 2.24) is 0 Å². The first-order valence-corrected chi connectivity index (χ1v) is 3.70. The second-order valence-corrected chi connectivity index (χ2v) is 3.97. The summed E-state index contributed by atoms with van der Waals surface area (Å²) in [5.74, 6) is 0.286. The van der Waals surface area contributed by atoms with E-state index in [1.807, 2.05) is 6.92 Å². The molecule has 0 saturated heterocycles. The standard InChI is InChI=1S/C9H14O.CH4/c1-7-4-8(10)6-9(2,3)5-7;/h4H,5-6H2,1-3H3;1H4. The Bertz CT molecular complexity index is 187. The fourth-order valence-electron chi connectivity index (χ4n) is 1.67. The SMILES string of the molecule is C.CC1=CC(=O)CC(C)(C)C1. The Morgan fingerprint density at radius 2 is 1.91 bits per heavy atom. The summed E-state index contributed by atoms with van der Waals surface area (Å²) in [6, 6.07) is 0. The number of rotatable bonds is 0. The number of carbonyl (C=O) groups is 1. The Morgan fingerprint density at radius 1 is 1.36 bits per heavy atom. The van der Waals surface area contributed by atoms with Gasteiger partial charge in [-0.2, -0.15) is 0 Å². The fraction of sp³-hybridized carbons (Fsp3) is 0.700. The van der Waals surface area contributed by atoms with Gasteiger partial charge in [0.2, 0.25) is 0 Å². The van der Waals surface area contributed by atoms with Crippen molar-refractivity contribution in [3.8, 4) is 0 Å². The fourth-order valence-corrected chi connectivity index (χ4v) is 1.67. The van der Waals surface area contributed by atoms with Crippen molar-refractivity contribution >= 4 is 5.78 Å². The van der Waals surface area contributed by atoms with Crippen LogP contribution in [0.3, 0.4) is 0 Å². The Kier molecular flexibility index (Phi) is 3.03. The van der Waals surface area contributed by atoms with Gasteiger partial charge in [0.15, 0.2) is 5.78 Å². The van der Waals surface area contributed by atoms with Crippen LogP contribution in [0.1, 0.15) is 41.0 Å². The van der Waals surface area contributed by atoms with Crippen molar-refractivity contribution in [1.29, 1.82) is 0 Å². The maximum atomic E-state index is 11.0. The molecule has 11 heavy (non-hydrogen) atoms. The molecule has 0 atom stereocenters. The first-order chi connectivity index (χ1) is 4.49. The van der Waals surface area contributed by atoms with Crippen molar-refractivity contribution in [2.45, 2.75) is 41.0 Å². The Labute approximate surface area is 69.5 Å². The van der Waals surface area contributed by atoms with E-state index in [0.29, 0.717) is 6.42 Å². The molecule has 0 saturated carbocycles. The van der Waals surface area contributed by atoms with E-state index in [1.54, 1.807) is 6.08 Å². The number of allylic oxidation sites excluding steroid dienone is 2. The van der Waals surface area contributed by atoms with Crippen LogP contribution in [-0.2, 0) is 4.79 Å². The lowest BCUT2D eigenvalue weighted by Gasteiger charge is -2.27. The third-order valence-electron chi connectivity index (χ3n) is 1.82. The van der Waals surface area contributed by atoms with Crippen LogP contribution in [0.2, 0.25) is 0 Å². The highest BCUT2D eigenvalue weighted by Crippen LogP contribution is 2.32. The van der Waals surface area contributed by atoms with E-state index in [-0.39, 0.29) is 18.6 Å². The van der Waals surface area contributed by atoms with E-state index in [0.717, 1.165) is 6.42 Å². The molecule has 0 bridgehead atoms. The van der Waals surface area contributed by atoms with Crippen LogP contribution in [-0.4, -0.2) is 5.78 Å². The van der Waals surface area contributed by atoms with Gasteiger partial charge < -0.3 is 0 Å². The molecule has 0 aromatic carbocycles. The molecule has 0 radical (unpaired) electrons. The van der Waals surface area contributed by atoms with Gasteiger partial charge in [0.05, 0.1) is 0 Å². The van der Waals surface area contributed by atoms with Crippen molar-refractivity contribution in [2.75, 3.05) is 0 Å². The quantitative estimate of drug-likeness (QED) is 0.524. The van der Waals surface area contributed by atoms with Crippen molar-refractivity contribution in [3.05, 3.63) is 11.6 Å². The summed E-state index contributed by atoms with van der Waals surface area (Å²) < 4.78 is 0. The Balaban J connectivity index is 0.000001000. The molecule has 1 aliphatic rings. The second kappa shape index (κ2) is 3.21. The molecule has 0 aliphatic heterocycles. The minimum absolute atomic E-state index is 0. The van der Waals surface area contributed by atoms with Gasteiger partial charge in [-0.25, -0.2) is 0 Å². The first-order valence-electron chi connectivity index (χ1n) is 3.70. The molecule has 1 heteroatoms. The Hall–Kier alpha value is -0.590. The summed E-state index contributed by atoms with van der Waals surface area (Å²) in [6.45, 7) is 6.31. The molecular weight excluding hydrogens is 136 g/mol. The second-order valence-electron chi connectivity index (χ2n) is 3.97. The van der Waals surface area contributed by atoms with Crippen LogP contribution in [0.4, 0.5) is 0 Å². The number of hydrogen-bond acceptors (Lipinski definition) is 1. The molecule has 0 aromatic rings. The molecule has 0 N–H and O–H groups in total. The van der Waals surface area contributed by atoms with Crippen LogP contribution >= 0.6 is 0 Å². The third-order valence-corrected chi connectivity index (χ3v) is 1.82. The monoisotopic (exact) mass is 154 g/mol. The molecule has 0 aromatic heterocycles. The van der Waals surface area contributed by atoms with E-state index >= 15 is 0 Å². The van der Waals surface area contributed by atoms with E-state index < -0.39 is 0 Å². The first kappa shape index (κ1) is 10.4. The van der Waals surface area contributed by atoms with Crippen LogP contribution in [0.5, 0.6) is 0 Å². The highest BCUT2D eigenvalue weighted by atomic mass is 16.1. The van der Waals surface area contributed by atoms with Gasteiger partial charge in [0, 0.05) is 6.42 Å². The zero-order valence-corrected chi connectivity index (χ0v) is 6.90. The molecule has 64 valence electrons. The third kappa shape index (κ3) is 2.87. The average Bonchev–Trinajstić information content (AvgIpc) is 1.54. The van der Waals surface area contributed by atoms with Crippen molar-refractivity contribution < 1.29 is 4.79 Å². The van der Waals surface area contributed by atoms with Gasteiger partial charge in [0.25, 0.3) is 0 Å². The van der Waals surface area contributed by atoms with Gasteiger partial charge in [-0.1, -0.05) is 26.8 Å². The summed E-state index contributed by atoms with van der Waals surface area (Å²) in [5, 5.41) is 0. The molecule has 1 aliphatic carbocycles. The molecule has 0 heterocycles. The summed E-state index contributed by atoms with van der Waals surface area (Å²) in [5.41, 5.74) is 1.43. The molecular formula is C10H18O. The lowest BCUT2D eigenvalue weighted by molar-refractivity contribution is -0.117. The normalized spacial score (nSPS) is 22.1. The minimum Gasteiger partial charge on any atom is -0.295 e. The minimum atomic E-state index is 0. The van der Waals surface area contributed by atoms with Gasteiger partial charge in [-0.15, -0.1) is 0 Å². The molecule has 0 unspecified atom stereocenters. The molecule has 1 nitrogen and oxygen atoms in total. The lowest BCUT2D eigenvalue weighted by Crippen LogP contribution is -2.20. The Morgan fingerprint density at radius 3 is 2.27 bits per heavy atom. The topological polar surface area (TPSA) is 17.1 Å². The largest absolute Gasteiger partial charge is 0.295 e. The van der Waals surface area contributed by atoms with Crippen molar-refractivity contribution in [2.24, 2.45) is 5.41 Å². The molecule has 0 amide bonds. The number of hydrogen-bond donors (Lipinski definition) is 0. The van der Waals surface area contributed by atoms with E-state index in [2.05, 4.69) is 13.8 Å². The average molecular weight is 154 g/mol. The smallest absolute Gasteiger partial charge is 0.156 e. The lowest BCUT2D eigenvalue weighted by atomic mass is 9.77. The zero-order chi connectivity index (χ0) is 7.78. The summed E-state index contributed by atoms with van der Waals surface area (Å²) in [6.07, 6.45) is 3.55. The predicted molar refractivity (Wildman–Crippen MR) is 48.5 cm³/mol.